The quantitative estimate of drug-likeness (QED) is 0.601. The number of rotatable bonds is 5. The monoisotopic (exact) mass is 192 g/mol. The molecule has 0 saturated heterocycles. The maximum atomic E-state index is 5.82. The fraction of sp³-hybridized carbons (Fsp3) is 1.00. The van der Waals surface area contributed by atoms with Crippen LogP contribution in [-0.4, -0.2) is 25.9 Å². The Morgan fingerprint density at radius 1 is 0.909 bits per heavy atom. The zero-order valence-electron chi connectivity index (χ0n) is 7.74. The van der Waals surface area contributed by atoms with Gasteiger partial charge in [-0.05, 0) is 36.0 Å². The van der Waals surface area contributed by atoms with Crippen LogP contribution < -0.4 is 0 Å². The summed E-state index contributed by atoms with van der Waals surface area (Å²) in [5.41, 5.74) is 0. The predicted octanol–water partition coefficient (Wildman–Crippen LogP) is 1.58. The molecule has 0 bridgehead atoms. The van der Waals surface area contributed by atoms with Crippen molar-refractivity contribution in [3.63, 3.8) is 0 Å². The largest absolute Gasteiger partial charge is 0.417 e. The highest BCUT2D eigenvalue weighted by Gasteiger charge is 2.27. The smallest absolute Gasteiger partial charge is 0.191 e. The summed E-state index contributed by atoms with van der Waals surface area (Å²) < 4.78 is 5.82. The topological polar surface area (TPSA) is 9.23 Å². The minimum Gasteiger partial charge on any atom is -0.417 e. The van der Waals surface area contributed by atoms with Crippen LogP contribution in [0.3, 0.4) is 0 Å². The summed E-state index contributed by atoms with van der Waals surface area (Å²) in [7, 11) is -1.22. The lowest BCUT2D eigenvalue weighted by Gasteiger charge is -2.26. The van der Waals surface area contributed by atoms with Crippen LogP contribution in [0, 0.1) is 0 Å². The van der Waals surface area contributed by atoms with Gasteiger partial charge >= 0.3 is 0 Å². The molecule has 0 atom stereocenters. The van der Waals surface area contributed by atoms with Gasteiger partial charge in [0.2, 0.25) is 0 Å². The number of hydrogen-bond acceptors (Lipinski definition) is 1. The highest BCUT2D eigenvalue weighted by Crippen LogP contribution is 2.20. The van der Waals surface area contributed by atoms with E-state index in [0.29, 0.717) is 0 Å². The van der Waals surface area contributed by atoms with E-state index in [2.05, 4.69) is 27.7 Å². The molecule has 0 aromatic heterocycles. The van der Waals surface area contributed by atoms with Crippen LogP contribution in [-0.2, 0) is 4.43 Å². The molecule has 0 heterocycles. The molecule has 3 heteroatoms. The summed E-state index contributed by atoms with van der Waals surface area (Å²) in [6.45, 7) is 9.78. The van der Waals surface area contributed by atoms with Gasteiger partial charge in [-0.15, -0.1) is 0 Å². The van der Waals surface area contributed by atoms with E-state index in [0.717, 1.165) is 6.61 Å². The van der Waals surface area contributed by atoms with Crippen molar-refractivity contribution in [2.45, 2.75) is 45.8 Å². The van der Waals surface area contributed by atoms with Gasteiger partial charge in [0, 0.05) is 6.61 Å². The van der Waals surface area contributed by atoms with Crippen LogP contribution >= 0.6 is 0 Å². The van der Waals surface area contributed by atoms with E-state index in [9.17, 15) is 0 Å². The Morgan fingerprint density at radius 3 is 1.36 bits per heavy atom. The molecule has 0 N–H and O–H groups in total. The molecule has 0 aliphatic rings. The second-order valence-electron chi connectivity index (χ2n) is 2.68. The zero-order chi connectivity index (χ0) is 8.04. The lowest BCUT2D eigenvalue weighted by atomic mass is 10.9. The highest BCUT2D eigenvalue weighted by molar-refractivity contribution is 6.73. The Kier molecular flexibility index (Phi) is 8.96. The Balaban J connectivity index is 0. The van der Waals surface area contributed by atoms with Crippen molar-refractivity contribution in [2.75, 3.05) is 6.61 Å². The lowest BCUT2D eigenvalue weighted by Crippen LogP contribution is -2.35. The van der Waals surface area contributed by atoms with Gasteiger partial charge in [-0.25, -0.2) is 0 Å². The normalized spacial score (nSPS) is 10.9. The van der Waals surface area contributed by atoms with E-state index < -0.39 is 8.32 Å². The first-order valence-electron chi connectivity index (χ1n) is 4.38. The fourth-order valence-corrected chi connectivity index (χ4v) is 4.09. The van der Waals surface area contributed by atoms with Crippen LogP contribution in [0.2, 0.25) is 18.1 Å². The van der Waals surface area contributed by atoms with E-state index in [4.69, 9.17) is 4.43 Å². The van der Waals surface area contributed by atoms with Gasteiger partial charge < -0.3 is 4.43 Å². The molecular weight excluding hydrogens is 168 g/mol. The van der Waals surface area contributed by atoms with Gasteiger partial charge in [0.15, 0.2) is 8.32 Å². The molecule has 0 rings (SSSR count). The SMILES string of the molecule is CCO[Si](CC)(CC)CC.[SiH4]. The van der Waals surface area contributed by atoms with Crippen molar-refractivity contribution < 1.29 is 4.43 Å². The van der Waals surface area contributed by atoms with E-state index in [1.165, 1.54) is 18.1 Å². The third kappa shape index (κ3) is 4.08. The van der Waals surface area contributed by atoms with Gasteiger partial charge in [0.05, 0.1) is 0 Å². The summed E-state index contributed by atoms with van der Waals surface area (Å²) in [6, 6.07) is 3.82. The Morgan fingerprint density at radius 2 is 1.27 bits per heavy atom. The van der Waals surface area contributed by atoms with Crippen molar-refractivity contribution >= 4 is 19.3 Å². The molecule has 0 radical (unpaired) electrons. The summed E-state index contributed by atoms with van der Waals surface area (Å²) >= 11 is 0. The first-order valence-corrected chi connectivity index (χ1v) is 6.91. The van der Waals surface area contributed by atoms with E-state index >= 15 is 0 Å². The van der Waals surface area contributed by atoms with Gasteiger partial charge in [0.25, 0.3) is 0 Å². The maximum Gasteiger partial charge on any atom is 0.191 e. The summed E-state index contributed by atoms with van der Waals surface area (Å²) in [4.78, 5) is 0. The summed E-state index contributed by atoms with van der Waals surface area (Å²) in [6.07, 6.45) is 0. The van der Waals surface area contributed by atoms with E-state index in [-0.39, 0.29) is 11.0 Å². The number of hydrogen-bond donors (Lipinski definition) is 0. The predicted molar refractivity (Wildman–Crippen MR) is 60.2 cm³/mol. The summed E-state index contributed by atoms with van der Waals surface area (Å²) in [5, 5.41) is 0. The lowest BCUT2D eigenvalue weighted by molar-refractivity contribution is 0.321. The van der Waals surface area contributed by atoms with Crippen LogP contribution in [0.4, 0.5) is 0 Å². The molecule has 1 nitrogen and oxygen atoms in total. The van der Waals surface area contributed by atoms with E-state index in [1.54, 1.807) is 0 Å². The molecule has 0 spiro atoms. The molecule has 0 aliphatic carbocycles. The molecule has 0 unspecified atom stereocenters. The maximum absolute atomic E-state index is 5.82. The Hall–Kier alpha value is 0.394. The molecule has 0 fully saturated rings. The molecule has 0 saturated carbocycles. The van der Waals surface area contributed by atoms with Crippen LogP contribution in [0.5, 0.6) is 0 Å². The summed E-state index contributed by atoms with van der Waals surface area (Å²) in [5.74, 6) is 0. The van der Waals surface area contributed by atoms with Crippen molar-refractivity contribution in [3.05, 3.63) is 0 Å². The molecule has 70 valence electrons. The van der Waals surface area contributed by atoms with Gasteiger partial charge in [-0.2, -0.15) is 0 Å². The molecule has 0 aromatic carbocycles. The average molecular weight is 192 g/mol. The standard InChI is InChI=1S/C8H20OSi.H4Si/c1-5-9-10(6-2,7-3)8-4;/h5-8H2,1-4H3;1H4. The highest BCUT2D eigenvalue weighted by atomic mass is 28.4. The zero-order valence-corrected chi connectivity index (χ0v) is 8.74. The van der Waals surface area contributed by atoms with Crippen LogP contribution in [0.15, 0.2) is 0 Å². The Bertz CT molecular complexity index is 73.9. The van der Waals surface area contributed by atoms with Crippen LogP contribution in [0.1, 0.15) is 27.7 Å². The molecule has 0 amide bonds. The van der Waals surface area contributed by atoms with Crippen molar-refractivity contribution in [3.8, 4) is 0 Å². The fourth-order valence-electron chi connectivity index (χ4n) is 1.36. The first kappa shape index (κ1) is 13.9. The molecular formula is C8H24OSi2. The second-order valence-corrected chi connectivity index (χ2v) is 7.45. The molecule has 0 aliphatic heterocycles. The minimum absolute atomic E-state index is 0. The van der Waals surface area contributed by atoms with Crippen molar-refractivity contribution in [1.82, 2.24) is 0 Å². The third-order valence-electron chi connectivity index (χ3n) is 2.38. The third-order valence-corrected chi connectivity index (χ3v) is 7.15. The average Bonchev–Trinajstić information content (AvgIpc) is 2.01. The molecule has 0 aromatic rings. The second kappa shape index (κ2) is 7.07. The van der Waals surface area contributed by atoms with Gasteiger partial charge in [-0.1, -0.05) is 20.8 Å². The van der Waals surface area contributed by atoms with E-state index in [1.807, 2.05) is 0 Å². The van der Waals surface area contributed by atoms with Crippen molar-refractivity contribution in [1.29, 1.82) is 0 Å². The van der Waals surface area contributed by atoms with Crippen LogP contribution in [0.25, 0.3) is 0 Å². The molecule has 11 heavy (non-hydrogen) atoms. The van der Waals surface area contributed by atoms with Gasteiger partial charge in [0.1, 0.15) is 0 Å². The van der Waals surface area contributed by atoms with Crippen molar-refractivity contribution in [2.24, 2.45) is 0 Å². The Labute approximate surface area is 76.7 Å². The first-order chi connectivity index (χ1) is 4.74. The van der Waals surface area contributed by atoms with Gasteiger partial charge in [-0.3, -0.25) is 0 Å². The minimum atomic E-state index is -1.22.